The predicted octanol–water partition coefficient (Wildman–Crippen LogP) is 1.59. The fraction of sp³-hybridized carbons (Fsp3) is 0.667. The first-order valence-corrected chi connectivity index (χ1v) is 5.84. The molecule has 5 heteroatoms. The normalized spacial score (nSPS) is 26.4. The number of methoxy groups -OCH3 is 1. The first kappa shape index (κ1) is 12.1. The van der Waals surface area contributed by atoms with E-state index < -0.39 is 0 Å². The number of nitrogens with two attached hydrogens (primary N) is 1. The molecule has 1 heterocycles. The van der Waals surface area contributed by atoms with Crippen molar-refractivity contribution in [2.45, 2.75) is 39.3 Å². The molecule has 2 unspecified atom stereocenters. The van der Waals surface area contributed by atoms with E-state index in [4.69, 9.17) is 10.5 Å². The fourth-order valence-corrected chi connectivity index (χ4v) is 2.37. The Hall–Kier alpha value is -1.36. The lowest BCUT2D eigenvalue weighted by Crippen LogP contribution is -2.57. The van der Waals surface area contributed by atoms with Gasteiger partial charge in [0.05, 0.1) is 6.10 Å². The number of anilines is 2. The summed E-state index contributed by atoms with van der Waals surface area (Å²) in [6.07, 6.45) is 1.30. The summed E-state index contributed by atoms with van der Waals surface area (Å²) in [6, 6.07) is 2.13. The van der Waals surface area contributed by atoms with Crippen LogP contribution in [0, 0.1) is 12.3 Å². The molecular formula is C12H20N4O. The lowest BCUT2D eigenvalue weighted by Gasteiger charge is -2.51. The van der Waals surface area contributed by atoms with Crippen LogP contribution >= 0.6 is 0 Å². The molecule has 94 valence electrons. The van der Waals surface area contributed by atoms with Crippen LogP contribution in [-0.4, -0.2) is 29.2 Å². The highest BCUT2D eigenvalue weighted by Gasteiger charge is 2.48. The fourth-order valence-electron chi connectivity index (χ4n) is 2.37. The summed E-state index contributed by atoms with van der Waals surface area (Å²) in [7, 11) is 1.76. The van der Waals surface area contributed by atoms with E-state index in [1.165, 1.54) is 0 Å². The quantitative estimate of drug-likeness (QED) is 0.833. The van der Waals surface area contributed by atoms with Crippen molar-refractivity contribution in [1.82, 2.24) is 9.97 Å². The summed E-state index contributed by atoms with van der Waals surface area (Å²) in [6.45, 7) is 6.23. The largest absolute Gasteiger partial charge is 0.384 e. The number of hydrogen-bond donors (Lipinski definition) is 2. The molecule has 1 aromatic rings. The third-order valence-electron chi connectivity index (χ3n) is 3.64. The van der Waals surface area contributed by atoms with E-state index in [0.29, 0.717) is 23.8 Å². The van der Waals surface area contributed by atoms with Gasteiger partial charge in [0.1, 0.15) is 17.5 Å². The molecule has 0 amide bonds. The Bertz CT molecular complexity index is 399. The van der Waals surface area contributed by atoms with Gasteiger partial charge in [0.25, 0.3) is 0 Å². The summed E-state index contributed by atoms with van der Waals surface area (Å²) >= 11 is 0. The van der Waals surface area contributed by atoms with Crippen molar-refractivity contribution in [3.8, 4) is 0 Å². The Morgan fingerprint density at radius 1 is 1.47 bits per heavy atom. The van der Waals surface area contributed by atoms with Crippen molar-refractivity contribution in [1.29, 1.82) is 0 Å². The van der Waals surface area contributed by atoms with Crippen molar-refractivity contribution in [2.75, 3.05) is 18.2 Å². The maximum atomic E-state index is 5.70. The molecule has 1 saturated carbocycles. The van der Waals surface area contributed by atoms with Crippen LogP contribution < -0.4 is 11.1 Å². The van der Waals surface area contributed by atoms with Crippen LogP contribution in [0.3, 0.4) is 0 Å². The number of rotatable bonds is 3. The van der Waals surface area contributed by atoms with Crippen LogP contribution in [0.2, 0.25) is 0 Å². The first-order chi connectivity index (χ1) is 7.93. The molecule has 1 aliphatic carbocycles. The monoisotopic (exact) mass is 236 g/mol. The van der Waals surface area contributed by atoms with Crippen molar-refractivity contribution in [3.63, 3.8) is 0 Å². The van der Waals surface area contributed by atoms with Gasteiger partial charge in [-0.25, -0.2) is 9.97 Å². The van der Waals surface area contributed by atoms with Gasteiger partial charge >= 0.3 is 0 Å². The highest BCUT2D eigenvalue weighted by atomic mass is 16.5. The SMILES string of the molecule is COC1CC(Nc2cc(N)nc(C)n2)C1(C)C. The molecule has 1 fully saturated rings. The summed E-state index contributed by atoms with van der Waals surface area (Å²) in [5.74, 6) is 1.98. The van der Waals surface area contributed by atoms with Crippen LogP contribution in [0.1, 0.15) is 26.1 Å². The third-order valence-corrected chi connectivity index (χ3v) is 3.64. The van der Waals surface area contributed by atoms with Crippen LogP contribution in [0.4, 0.5) is 11.6 Å². The second-order valence-electron chi connectivity index (χ2n) is 5.20. The van der Waals surface area contributed by atoms with E-state index >= 15 is 0 Å². The van der Waals surface area contributed by atoms with Crippen LogP contribution in [0.25, 0.3) is 0 Å². The predicted molar refractivity (Wildman–Crippen MR) is 67.8 cm³/mol. The van der Waals surface area contributed by atoms with Gasteiger partial charge in [-0.3, -0.25) is 0 Å². The first-order valence-electron chi connectivity index (χ1n) is 5.84. The molecule has 3 N–H and O–H groups in total. The van der Waals surface area contributed by atoms with Crippen LogP contribution in [-0.2, 0) is 4.74 Å². The molecule has 0 radical (unpaired) electrons. The zero-order valence-corrected chi connectivity index (χ0v) is 10.8. The number of ether oxygens (including phenoxy) is 1. The number of aromatic nitrogens is 2. The smallest absolute Gasteiger partial charge is 0.132 e. The number of aryl methyl sites for hydroxylation is 1. The van der Waals surface area contributed by atoms with Gasteiger partial charge in [-0.15, -0.1) is 0 Å². The van der Waals surface area contributed by atoms with Gasteiger partial charge in [0, 0.05) is 24.6 Å². The zero-order valence-electron chi connectivity index (χ0n) is 10.8. The lowest BCUT2D eigenvalue weighted by atomic mass is 9.64. The van der Waals surface area contributed by atoms with Crippen molar-refractivity contribution >= 4 is 11.6 Å². The lowest BCUT2D eigenvalue weighted by molar-refractivity contribution is -0.0795. The van der Waals surface area contributed by atoms with Crippen molar-refractivity contribution in [2.24, 2.45) is 5.41 Å². The van der Waals surface area contributed by atoms with Crippen molar-refractivity contribution < 1.29 is 4.74 Å². The minimum atomic E-state index is 0.113. The maximum Gasteiger partial charge on any atom is 0.132 e. The van der Waals surface area contributed by atoms with Gasteiger partial charge in [-0.2, -0.15) is 0 Å². The van der Waals surface area contributed by atoms with Gasteiger partial charge in [-0.1, -0.05) is 13.8 Å². The van der Waals surface area contributed by atoms with Crippen molar-refractivity contribution in [3.05, 3.63) is 11.9 Å². The summed E-state index contributed by atoms with van der Waals surface area (Å²) in [5, 5.41) is 3.40. The van der Waals surface area contributed by atoms with E-state index in [9.17, 15) is 0 Å². The number of nitrogen functional groups attached to an aromatic ring is 1. The molecule has 0 spiro atoms. The average molecular weight is 236 g/mol. The molecule has 1 aliphatic rings. The van der Waals surface area contributed by atoms with Gasteiger partial charge in [0.15, 0.2) is 0 Å². The van der Waals surface area contributed by atoms with Gasteiger partial charge < -0.3 is 15.8 Å². The maximum absolute atomic E-state index is 5.70. The van der Waals surface area contributed by atoms with E-state index in [-0.39, 0.29) is 5.41 Å². The second kappa shape index (κ2) is 4.14. The van der Waals surface area contributed by atoms with E-state index in [1.54, 1.807) is 13.2 Å². The molecule has 0 saturated heterocycles. The Balaban J connectivity index is 2.08. The molecule has 0 bridgehead atoms. The molecular weight excluding hydrogens is 216 g/mol. The summed E-state index contributed by atoms with van der Waals surface area (Å²) in [5.41, 5.74) is 5.81. The Kier molecular flexibility index (Phi) is 2.95. The highest BCUT2D eigenvalue weighted by Crippen LogP contribution is 2.43. The second-order valence-corrected chi connectivity index (χ2v) is 5.20. The number of hydrogen-bond acceptors (Lipinski definition) is 5. The van der Waals surface area contributed by atoms with Gasteiger partial charge in [0.2, 0.25) is 0 Å². The molecule has 1 aromatic heterocycles. The molecule has 0 aromatic carbocycles. The van der Waals surface area contributed by atoms with E-state index in [1.807, 2.05) is 6.92 Å². The average Bonchev–Trinajstić information content (AvgIpc) is 2.22. The number of nitrogens with one attached hydrogen (secondary N) is 1. The minimum absolute atomic E-state index is 0.113. The Morgan fingerprint density at radius 2 is 2.18 bits per heavy atom. The highest BCUT2D eigenvalue weighted by molar-refractivity contribution is 5.46. The van der Waals surface area contributed by atoms with Gasteiger partial charge in [-0.05, 0) is 13.3 Å². The summed E-state index contributed by atoms with van der Waals surface area (Å²) < 4.78 is 5.42. The van der Waals surface area contributed by atoms with Crippen LogP contribution in [0.5, 0.6) is 0 Å². The molecule has 0 aliphatic heterocycles. The summed E-state index contributed by atoms with van der Waals surface area (Å²) in [4.78, 5) is 8.38. The van der Waals surface area contributed by atoms with E-state index in [0.717, 1.165) is 12.2 Å². The Labute approximate surface area is 102 Å². The topological polar surface area (TPSA) is 73.1 Å². The standard InChI is InChI=1S/C12H20N4O/c1-7-14-10(13)6-11(15-7)16-8-5-9(17-4)12(8,2)3/h6,8-9H,5H2,1-4H3,(H3,13,14,15,16). The third kappa shape index (κ3) is 2.20. The zero-order chi connectivity index (χ0) is 12.6. The van der Waals surface area contributed by atoms with E-state index in [2.05, 4.69) is 29.1 Å². The minimum Gasteiger partial charge on any atom is -0.384 e. The molecule has 17 heavy (non-hydrogen) atoms. The molecule has 2 rings (SSSR count). The molecule has 2 atom stereocenters. The Morgan fingerprint density at radius 3 is 2.71 bits per heavy atom. The molecule has 5 nitrogen and oxygen atoms in total. The van der Waals surface area contributed by atoms with Crippen LogP contribution in [0.15, 0.2) is 6.07 Å². The number of nitrogens with zero attached hydrogens (tertiary/aromatic N) is 2.